The minimum absolute atomic E-state index is 0.0120. The van der Waals surface area contributed by atoms with E-state index in [1.165, 1.54) is 0 Å². The van der Waals surface area contributed by atoms with Crippen molar-refractivity contribution in [2.45, 2.75) is 51.1 Å². The third-order valence-electron chi connectivity index (χ3n) is 7.39. The highest BCUT2D eigenvalue weighted by Gasteiger charge is 2.60. The molecule has 1 spiro atoms. The van der Waals surface area contributed by atoms with Crippen LogP contribution in [0.15, 0.2) is 24.3 Å². The predicted molar refractivity (Wildman–Crippen MR) is 99.6 cm³/mol. The first-order valence-electron chi connectivity index (χ1n) is 9.99. The van der Waals surface area contributed by atoms with Crippen molar-refractivity contribution in [1.29, 1.82) is 0 Å². The highest BCUT2D eigenvalue weighted by molar-refractivity contribution is 6.02. The zero-order valence-corrected chi connectivity index (χ0v) is 15.4. The van der Waals surface area contributed by atoms with Gasteiger partial charge in [0.05, 0.1) is 5.56 Å². The van der Waals surface area contributed by atoms with Gasteiger partial charge in [0.25, 0.3) is 5.91 Å². The Kier molecular flexibility index (Phi) is 3.40. The lowest BCUT2D eigenvalue weighted by Gasteiger charge is -2.61. The van der Waals surface area contributed by atoms with Crippen molar-refractivity contribution in [3.05, 3.63) is 29.8 Å². The molecule has 2 amide bonds. The van der Waals surface area contributed by atoms with Gasteiger partial charge in [-0.15, -0.1) is 0 Å². The Balaban J connectivity index is 1.45. The van der Waals surface area contributed by atoms with Crippen LogP contribution in [0.4, 0.5) is 5.69 Å². The molecule has 2 aliphatic heterocycles. The summed E-state index contributed by atoms with van der Waals surface area (Å²) in [6, 6.07) is 7.73. The maximum Gasteiger partial charge on any atom is 0.255 e. The van der Waals surface area contributed by atoms with E-state index < -0.39 is 5.66 Å². The summed E-state index contributed by atoms with van der Waals surface area (Å²) >= 11 is 0. The summed E-state index contributed by atoms with van der Waals surface area (Å²) in [7, 11) is 0. The molecule has 3 saturated carbocycles. The largest absolute Gasteiger partial charge is 0.362 e. The van der Waals surface area contributed by atoms with Crippen molar-refractivity contribution < 1.29 is 9.59 Å². The van der Waals surface area contributed by atoms with E-state index in [-0.39, 0.29) is 17.2 Å². The highest BCUT2D eigenvalue weighted by atomic mass is 16.2. The maximum atomic E-state index is 13.1. The second kappa shape index (κ2) is 5.48. The quantitative estimate of drug-likeness (QED) is 0.816. The van der Waals surface area contributed by atoms with Crippen LogP contribution in [0.1, 0.15) is 55.8 Å². The van der Waals surface area contributed by atoms with E-state index in [2.05, 4.69) is 22.5 Å². The van der Waals surface area contributed by atoms with Crippen LogP contribution >= 0.6 is 0 Å². The van der Waals surface area contributed by atoms with Crippen LogP contribution in [0.3, 0.4) is 0 Å². The molecule has 6 rings (SSSR count). The lowest BCUT2D eigenvalue weighted by molar-refractivity contribution is -0.149. The molecule has 0 aromatic heterocycles. The summed E-state index contributed by atoms with van der Waals surface area (Å²) < 4.78 is 0. The van der Waals surface area contributed by atoms with E-state index in [0.29, 0.717) is 11.8 Å². The fourth-order valence-corrected chi connectivity index (χ4v) is 5.99. The number of carbonyl (C=O) groups excluding carboxylic acids is 2. The summed E-state index contributed by atoms with van der Waals surface area (Å²) in [5.74, 6) is 0.768. The van der Waals surface area contributed by atoms with E-state index >= 15 is 0 Å². The van der Waals surface area contributed by atoms with Crippen LogP contribution in [-0.4, -0.2) is 35.5 Å². The van der Waals surface area contributed by atoms with Crippen molar-refractivity contribution in [1.82, 2.24) is 10.2 Å². The highest BCUT2D eigenvalue weighted by Crippen LogP contribution is 2.58. The number of hydrogen-bond acceptors (Lipinski definition) is 3. The molecular weight excluding hydrogens is 326 g/mol. The number of benzene rings is 1. The second-order valence-electron chi connectivity index (χ2n) is 8.98. The van der Waals surface area contributed by atoms with Crippen molar-refractivity contribution in [3.8, 4) is 0 Å². The molecule has 26 heavy (non-hydrogen) atoms. The molecule has 2 N–H and O–H groups in total. The van der Waals surface area contributed by atoms with Crippen molar-refractivity contribution in [3.63, 3.8) is 0 Å². The Hall–Kier alpha value is -2.04. The summed E-state index contributed by atoms with van der Waals surface area (Å²) in [6.07, 6.45) is 6.11. The molecule has 138 valence electrons. The van der Waals surface area contributed by atoms with Gasteiger partial charge in [0.15, 0.2) is 0 Å². The minimum atomic E-state index is -0.403. The van der Waals surface area contributed by atoms with Crippen LogP contribution in [0.2, 0.25) is 0 Å². The standard InChI is InChI=1S/C21H27N3O2/c1-20-9-8-14(12-16(20)19(26)24-10-4-5-11-24)21(13-20)22-17-7-3-2-6-15(17)18(25)23-21/h2-3,6-7,14,16,22H,4-5,8-13H2,1H3,(H,23,25)/t14-,16+,20-,21-/m0/s1. The molecule has 2 bridgehead atoms. The lowest BCUT2D eigenvalue weighted by atomic mass is 9.51. The Labute approximate surface area is 154 Å². The number of carbonyl (C=O) groups is 2. The van der Waals surface area contributed by atoms with Gasteiger partial charge >= 0.3 is 0 Å². The SMILES string of the molecule is C[C@@]12CC[C@@H](C[C@@H]1C(=O)N1CCCC1)[C@]1(C2)NC(=O)c2ccccc2N1. The molecule has 4 atom stereocenters. The van der Waals surface area contributed by atoms with Gasteiger partial charge in [0, 0.05) is 30.6 Å². The molecule has 3 aliphatic carbocycles. The van der Waals surface area contributed by atoms with Crippen LogP contribution in [0.5, 0.6) is 0 Å². The Morgan fingerprint density at radius 2 is 1.96 bits per heavy atom. The summed E-state index contributed by atoms with van der Waals surface area (Å²) in [5, 5.41) is 6.97. The smallest absolute Gasteiger partial charge is 0.255 e. The third-order valence-corrected chi connectivity index (χ3v) is 7.39. The van der Waals surface area contributed by atoms with Crippen molar-refractivity contribution >= 4 is 17.5 Å². The molecule has 2 heterocycles. The van der Waals surface area contributed by atoms with Gasteiger partial charge in [-0.1, -0.05) is 19.1 Å². The minimum Gasteiger partial charge on any atom is -0.362 e. The van der Waals surface area contributed by atoms with Gasteiger partial charge in [0.1, 0.15) is 5.66 Å². The fraction of sp³-hybridized carbons (Fsp3) is 0.619. The zero-order valence-electron chi connectivity index (χ0n) is 15.4. The summed E-state index contributed by atoms with van der Waals surface area (Å²) in [5.41, 5.74) is 1.19. The van der Waals surface area contributed by atoms with E-state index in [1.807, 2.05) is 24.3 Å². The van der Waals surface area contributed by atoms with Gasteiger partial charge in [-0.3, -0.25) is 9.59 Å². The van der Waals surface area contributed by atoms with Crippen LogP contribution in [0.25, 0.3) is 0 Å². The third kappa shape index (κ3) is 2.22. The number of anilines is 1. The number of para-hydroxylation sites is 1. The van der Waals surface area contributed by atoms with Gasteiger partial charge in [0.2, 0.25) is 5.91 Å². The van der Waals surface area contributed by atoms with E-state index in [0.717, 1.165) is 62.9 Å². The topological polar surface area (TPSA) is 61.4 Å². The monoisotopic (exact) mass is 353 g/mol. The molecule has 1 aromatic rings. The van der Waals surface area contributed by atoms with Gasteiger partial charge in [-0.25, -0.2) is 0 Å². The number of hydrogen-bond donors (Lipinski definition) is 2. The molecule has 4 fully saturated rings. The number of likely N-dealkylation sites (tertiary alicyclic amines) is 1. The molecule has 0 radical (unpaired) electrons. The fourth-order valence-electron chi connectivity index (χ4n) is 5.99. The van der Waals surface area contributed by atoms with Crippen LogP contribution in [-0.2, 0) is 4.79 Å². The van der Waals surface area contributed by atoms with Gasteiger partial charge in [-0.05, 0) is 56.1 Å². The average Bonchev–Trinajstić information content (AvgIpc) is 3.15. The Bertz CT molecular complexity index is 772. The van der Waals surface area contributed by atoms with Gasteiger partial charge in [-0.2, -0.15) is 0 Å². The molecule has 5 nitrogen and oxygen atoms in total. The molecule has 1 saturated heterocycles. The number of fused-ring (bicyclic) bond motifs is 3. The first-order valence-corrected chi connectivity index (χ1v) is 9.99. The first kappa shape index (κ1) is 16.2. The first-order chi connectivity index (χ1) is 12.5. The molecule has 1 aromatic carbocycles. The number of amides is 2. The predicted octanol–water partition coefficient (Wildman–Crippen LogP) is 2.99. The molecule has 0 unspecified atom stereocenters. The van der Waals surface area contributed by atoms with Gasteiger partial charge < -0.3 is 15.5 Å². The Morgan fingerprint density at radius 3 is 2.73 bits per heavy atom. The number of rotatable bonds is 1. The van der Waals surface area contributed by atoms with E-state index in [1.54, 1.807) is 0 Å². The lowest BCUT2D eigenvalue weighted by Crippen LogP contribution is -2.70. The maximum absolute atomic E-state index is 13.1. The van der Waals surface area contributed by atoms with Crippen LogP contribution < -0.4 is 10.6 Å². The van der Waals surface area contributed by atoms with Crippen molar-refractivity contribution in [2.75, 3.05) is 18.4 Å². The summed E-state index contributed by atoms with van der Waals surface area (Å²) in [6.45, 7) is 4.10. The van der Waals surface area contributed by atoms with E-state index in [4.69, 9.17) is 0 Å². The zero-order chi connectivity index (χ0) is 17.9. The Morgan fingerprint density at radius 1 is 1.19 bits per heavy atom. The van der Waals surface area contributed by atoms with Crippen LogP contribution in [0, 0.1) is 17.3 Å². The molecule has 5 heteroatoms. The number of nitrogens with one attached hydrogen (secondary N) is 2. The average molecular weight is 353 g/mol. The molecular formula is C21H27N3O2. The second-order valence-corrected chi connectivity index (χ2v) is 8.98. The van der Waals surface area contributed by atoms with Crippen molar-refractivity contribution in [2.24, 2.45) is 17.3 Å². The normalized spacial score (nSPS) is 38.0. The molecule has 5 aliphatic rings. The van der Waals surface area contributed by atoms with E-state index in [9.17, 15) is 9.59 Å². The summed E-state index contributed by atoms with van der Waals surface area (Å²) in [4.78, 5) is 28.0. The number of nitrogens with zero attached hydrogens (tertiary/aromatic N) is 1.